The average molecular weight is 270 g/mol. The summed E-state index contributed by atoms with van der Waals surface area (Å²) in [5.74, 6) is 0. The SMILES string of the molecule is CC.CC.Cc1cccc2c1-c1c(ccc[n+]1C)CC2. The van der Waals surface area contributed by atoms with E-state index in [1.165, 1.54) is 40.8 Å². The lowest BCUT2D eigenvalue weighted by Gasteiger charge is -2.18. The molecule has 0 unspecified atom stereocenters. The number of aryl methyl sites for hydroxylation is 4. The van der Waals surface area contributed by atoms with Gasteiger partial charge in [0.2, 0.25) is 5.69 Å². The lowest BCUT2D eigenvalue weighted by Crippen LogP contribution is -2.33. The molecule has 20 heavy (non-hydrogen) atoms. The molecule has 1 nitrogen and oxygen atoms in total. The highest BCUT2D eigenvalue weighted by atomic mass is 14.9. The first-order chi connectivity index (χ1) is 9.77. The zero-order valence-corrected chi connectivity index (χ0v) is 13.8. The van der Waals surface area contributed by atoms with Gasteiger partial charge in [-0.25, -0.2) is 4.57 Å². The minimum atomic E-state index is 1.17. The number of aromatic nitrogens is 1. The van der Waals surface area contributed by atoms with Gasteiger partial charge in [-0.2, -0.15) is 0 Å². The molecule has 0 N–H and O–H groups in total. The Balaban J connectivity index is 0.000000461. The molecular formula is C19H28N+. The van der Waals surface area contributed by atoms with Gasteiger partial charge in [-0.05, 0) is 37.0 Å². The molecule has 1 aliphatic carbocycles. The molecule has 0 atom stereocenters. The number of benzene rings is 1. The van der Waals surface area contributed by atoms with Crippen LogP contribution >= 0.6 is 0 Å². The van der Waals surface area contributed by atoms with E-state index in [9.17, 15) is 0 Å². The monoisotopic (exact) mass is 270 g/mol. The molecule has 108 valence electrons. The van der Waals surface area contributed by atoms with Crippen LogP contribution in [0, 0.1) is 6.92 Å². The third-order valence-electron chi connectivity index (χ3n) is 3.52. The molecule has 0 saturated carbocycles. The van der Waals surface area contributed by atoms with Gasteiger partial charge in [0.15, 0.2) is 6.20 Å². The molecule has 0 amide bonds. The van der Waals surface area contributed by atoms with Crippen LogP contribution in [0.2, 0.25) is 0 Å². The predicted molar refractivity (Wildman–Crippen MR) is 87.9 cm³/mol. The van der Waals surface area contributed by atoms with Crippen LogP contribution in [0.25, 0.3) is 11.3 Å². The van der Waals surface area contributed by atoms with Crippen molar-refractivity contribution in [1.82, 2.24) is 0 Å². The van der Waals surface area contributed by atoms with Crippen LogP contribution in [-0.2, 0) is 19.9 Å². The van der Waals surface area contributed by atoms with E-state index in [1.54, 1.807) is 0 Å². The maximum absolute atomic E-state index is 2.26. The van der Waals surface area contributed by atoms with Gasteiger partial charge in [-0.3, -0.25) is 0 Å². The van der Waals surface area contributed by atoms with E-state index in [0.29, 0.717) is 0 Å². The second-order valence-corrected chi connectivity index (χ2v) is 4.60. The topological polar surface area (TPSA) is 3.88 Å². The van der Waals surface area contributed by atoms with Crippen LogP contribution in [-0.4, -0.2) is 0 Å². The Morgan fingerprint density at radius 1 is 0.850 bits per heavy atom. The van der Waals surface area contributed by atoms with Gasteiger partial charge in [-0.15, -0.1) is 0 Å². The number of nitrogens with zero attached hydrogens (tertiary/aromatic N) is 1. The van der Waals surface area contributed by atoms with Gasteiger partial charge in [0, 0.05) is 11.6 Å². The Kier molecular flexibility index (Phi) is 6.44. The standard InChI is InChI=1S/C15H16N.2C2H6/c1-11-5-3-6-12-8-9-13-7-4-10-16(2)15(13)14(11)12;2*1-2/h3-7,10H,8-9H2,1-2H3;2*1-2H3/q+1;;. The molecule has 0 spiro atoms. The summed E-state index contributed by atoms with van der Waals surface area (Å²) in [7, 11) is 2.14. The molecule has 1 heteroatoms. The van der Waals surface area contributed by atoms with Crippen LogP contribution in [0.15, 0.2) is 36.5 Å². The fourth-order valence-electron chi connectivity index (χ4n) is 2.75. The number of hydrogen-bond acceptors (Lipinski definition) is 0. The number of hydrogen-bond donors (Lipinski definition) is 0. The minimum absolute atomic E-state index is 1.17. The Morgan fingerprint density at radius 3 is 2.15 bits per heavy atom. The van der Waals surface area contributed by atoms with Gasteiger partial charge in [-0.1, -0.05) is 45.9 Å². The van der Waals surface area contributed by atoms with E-state index >= 15 is 0 Å². The smallest absolute Gasteiger partial charge is 0.201 e. The summed E-state index contributed by atoms with van der Waals surface area (Å²) >= 11 is 0. The molecule has 1 heterocycles. The van der Waals surface area contributed by atoms with Gasteiger partial charge in [0.25, 0.3) is 0 Å². The van der Waals surface area contributed by atoms with Crippen molar-refractivity contribution in [2.45, 2.75) is 47.5 Å². The first-order valence-corrected chi connectivity index (χ1v) is 7.84. The number of fused-ring (bicyclic) bond motifs is 3. The number of rotatable bonds is 0. The Hall–Kier alpha value is -1.63. The molecular weight excluding hydrogens is 242 g/mol. The van der Waals surface area contributed by atoms with E-state index in [1.807, 2.05) is 27.7 Å². The summed E-state index contributed by atoms with van der Waals surface area (Å²) in [4.78, 5) is 0. The molecule has 1 aliphatic rings. The van der Waals surface area contributed by atoms with Crippen molar-refractivity contribution in [3.8, 4) is 11.3 Å². The summed E-state index contributed by atoms with van der Waals surface area (Å²) in [5.41, 5.74) is 7.22. The Bertz CT molecular complexity index is 504. The molecule has 0 aliphatic heterocycles. The first-order valence-electron chi connectivity index (χ1n) is 7.84. The largest absolute Gasteiger partial charge is 0.216 e. The van der Waals surface area contributed by atoms with E-state index in [2.05, 4.69) is 55.1 Å². The van der Waals surface area contributed by atoms with E-state index in [-0.39, 0.29) is 0 Å². The molecule has 0 radical (unpaired) electrons. The van der Waals surface area contributed by atoms with Crippen molar-refractivity contribution in [2.24, 2.45) is 7.05 Å². The summed E-state index contributed by atoms with van der Waals surface area (Å²) < 4.78 is 2.25. The Morgan fingerprint density at radius 2 is 1.45 bits per heavy atom. The zero-order valence-electron chi connectivity index (χ0n) is 13.8. The normalized spacial score (nSPS) is 11.1. The fraction of sp³-hybridized carbons (Fsp3) is 0.421. The van der Waals surface area contributed by atoms with Crippen molar-refractivity contribution < 1.29 is 4.57 Å². The van der Waals surface area contributed by atoms with Crippen LogP contribution in [0.3, 0.4) is 0 Å². The third-order valence-corrected chi connectivity index (χ3v) is 3.52. The maximum Gasteiger partial charge on any atom is 0.216 e. The maximum atomic E-state index is 2.26. The summed E-state index contributed by atoms with van der Waals surface area (Å²) in [5, 5.41) is 0. The third kappa shape index (κ3) is 3.09. The molecule has 0 fully saturated rings. The predicted octanol–water partition coefficient (Wildman–Crippen LogP) is 4.64. The van der Waals surface area contributed by atoms with Gasteiger partial charge < -0.3 is 0 Å². The first kappa shape index (κ1) is 16.4. The van der Waals surface area contributed by atoms with Crippen molar-refractivity contribution >= 4 is 0 Å². The molecule has 0 bridgehead atoms. The van der Waals surface area contributed by atoms with Crippen LogP contribution < -0.4 is 4.57 Å². The average Bonchev–Trinajstić information content (AvgIpc) is 2.51. The molecule has 1 aromatic heterocycles. The van der Waals surface area contributed by atoms with E-state index < -0.39 is 0 Å². The second-order valence-electron chi connectivity index (χ2n) is 4.60. The van der Waals surface area contributed by atoms with Crippen LogP contribution in [0.1, 0.15) is 44.4 Å². The second kappa shape index (κ2) is 7.84. The lowest BCUT2D eigenvalue weighted by molar-refractivity contribution is -0.660. The van der Waals surface area contributed by atoms with Crippen molar-refractivity contribution in [1.29, 1.82) is 0 Å². The highest BCUT2D eigenvalue weighted by molar-refractivity contribution is 5.70. The summed E-state index contributed by atoms with van der Waals surface area (Å²) in [6, 6.07) is 11.0. The fourth-order valence-corrected chi connectivity index (χ4v) is 2.75. The van der Waals surface area contributed by atoms with Gasteiger partial charge in [0.05, 0.1) is 5.56 Å². The number of pyridine rings is 1. The molecule has 3 rings (SSSR count). The summed E-state index contributed by atoms with van der Waals surface area (Å²) in [6.45, 7) is 10.2. The van der Waals surface area contributed by atoms with Crippen LogP contribution in [0.5, 0.6) is 0 Å². The molecule has 1 aromatic carbocycles. The lowest BCUT2D eigenvalue weighted by atomic mass is 9.86. The highest BCUT2D eigenvalue weighted by Gasteiger charge is 2.24. The highest BCUT2D eigenvalue weighted by Crippen LogP contribution is 2.32. The van der Waals surface area contributed by atoms with Crippen molar-refractivity contribution in [3.05, 3.63) is 53.2 Å². The van der Waals surface area contributed by atoms with Gasteiger partial charge >= 0.3 is 0 Å². The molecule has 0 saturated heterocycles. The zero-order chi connectivity index (χ0) is 15.1. The van der Waals surface area contributed by atoms with E-state index in [4.69, 9.17) is 0 Å². The minimum Gasteiger partial charge on any atom is -0.201 e. The summed E-state index contributed by atoms with van der Waals surface area (Å²) in [6.07, 6.45) is 4.48. The quantitative estimate of drug-likeness (QED) is 0.614. The Labute approximate surface area is 124 Å². The van der Waals surface area contributed by atoms with Crippen LogP contribution in [0.4, 0.5) is 0 Å². The van der Waals surface area contributed by atoms with Gasteiger partial charge in [0.1, 0.15) is 7.05 Å². The molecule has 2 aromatic rings. The van der Waals surface area contributed by atoms with Crippen molar-refractivity contribution in [2.75, 3.05) is 0 Å². The van der Waals surface area contributed by atoms with E-state index in [0.717, 1.165) is 0 Å². The van der Waals surface area contributed by atoms with Crippen molar-refractivity contribution in [3.63, 3.8) is 0 Å².